The van der Waals surface area contributed by atoms with Gasteiger partial charge in [0.05, 0.1) is 18.6 Å². The first-order valence-electron chi connectivity index (χ1n) is 8.64. The summed E-state index contributed by atoms with van der Waals surface area (Å²) in [6.45, 7) is 5.26. The minimum absolute atomic E-state index is 0.297. The van der Waals surface area contributed by atoms with Gasteiger partial charge in [0.1, 0.15) is 17.3 Å². The first-order valence-corrected chi connectivity index (χ1v) is 8.64. The van der Waals surface area contributed by atoms with Crippen molar-refractivity contribution >= 4 is 22.6 Å². The van der Waals surface area contributed by atoms with Crippen LogP contribution < -0.4 is 15.6 Å². The maximum atomic E-state index is 12.4. The standard InChI is InChI=1S/C21H22N2O4/c1-12-9-19(14(3)27-12)21(25)23-22-20(24)13(2)15-5-6-17-11-18(26-4)8-7-16(17)10-15/h5-11,13H,1-4H3,(H,22,24)(H,23,25)/t13-/m0/s1. The molecule has 0 aliphatic heterocycles. The number of hydrogen-bond acceptors (Lipinski definition) is 4. The molecule has 0 aliphatic carbocycles. The van der Waals surface area contributed by atoms with Gasteiger partial charge in [-0.3, -0.25) is 20.4 Å². The Balaban J connectivity index is 1.68. The molecule has 2 aromatic carbocycles. The summed E-state index contributed by atoms with van der Waals surface area (Å²) in [5.41, 5.74) is 6.18. The Morgan fingerprint density at radius 2 is 1.70 bits per heavy atom. The highest BCUT2D eigenvalue weighted by Crippen LogP contribution is 2.25. The highest BCUT2D eigenvalue weighted by Gasteiger charge is 2.18. The van der Waals surface area contributed by atoms with Gasteiger partial charge in [-0.25, -0.2) is 0 Å². The molecule has 2 N–H and O–H groups in total. The lowest BCUT2D eigenvalue weighted by Gasteiger charge is -2.14. The van der Waals surface area contributed by atoms with Crippen LogP contribution in [0.15, 0.2) is 46.9 Å². The number of methoxy groups -OCH3 is 1. The van der Waals surface area contributed by atoms with Crippen molar-refractivity contribution in [1.82, 2.24) is 10.9 Å². The number of fused-ring (bicyclic) bond motifs is 1. The normalized spacial score (nSPS) is 11.9. The molecule has 0 spiro atoms. The lowest BCUT2D eigenvalue weighted by atomic mass is 9.97. The molecule has 3 rings (SSSR count). The summed E-state index contributed by atoms with van der Waals surface area (Å²) in [5.74, 6) is 0.810. The third kappa shape index (κ3) is 3.95. The fourth-order valence-electron chi connectivity index (χ4n) is 2.94. The number of furan rings is 1. The summed E-state index contributed by atoms with van der Waals surface area (Å²) in [5, 5.41) is 2.05. The maximum Gasteiger partial charge on any atom is 0.273 e. The molecule has 1 atom stereocenters. The topological polar surface area (TPSA) is 80.6 Å². The molecule has 27 heavy (non-hydrogen) atoms. The van der Waals surface area contributed by atoms with E-state index < -0.39 is 11.8 Å². The van der Waals surface area contributed by atoms with E-state index in [9.17, 15) is 9.59 Å². The van der Waals surface area contributed by atoms with Gasteiger partial charge in [-0.05, 0) is 55.3 Å². The van der Waals surface area contributed by atoms with Crippen LogP contribution in [0.3, 0.4) is 0 Å². The van der Waals surface area contributed by atoms with E-state index in [1.807, 2.05) is 36.4 Å². The predicted molar refractivity (Wildman–Crippen MR) is 103 cm³/mol. The number of rotatable bonds is 4. The molecule has 0 bridgehead atoms. The summed E-state index contributed by atoms with van der Waals surface area (Å²) in [6, 6.07) is 13.2. The number of carbonyl (C=O) groups excluding carboxylic acids is 2. The van der Waals surface area contributed by atoms with Crippen LogP contribution in [0.2, 0.25) is 0 Å². The Bertz CT molecular complexity index is 1010. The lowest BCUT2D eigenvalue weighted by molar-refractivity contribution is -0.123. The monoisotopic (exact) mass is 366 g/mol. The number of aryl methyl sites for hydroxylation is 2. The molecular formula is C21H22N2O4. The van der Waals surface area contributed by atoms with Crippen molar-refractivity contribution in [2.75, 3.05) is 7.11 Å². The number of nitrogens with one attached hydrogen (secondary N) is 2. The fourth-order valence-corrected chi connectivity index (χ4v) is 2.94. The van der Waals surface area contributed by atoms with Gasteiger partial charge < -0.3 is 9.15 Å². The van der Waals surface area contributed by atoms with Crippen LogP contribution in [-0.2, 0) is 4.79 Å². The smallest absolute Gasteiger partial charge is 0.273 e. The summed E-state index contributed by atoms with van der Waals surface area (Å²) >= 11 is 0. The molecule has 2 amide bonds. The van der Waals surface area contributed by atoms with Crippen molar-refractivity contribution < 1.29 is 18.7 Å². The van der Waals surface area contributed by atoms with E-state index in [1.165, 1.54) is 0 Å². The molecule has 0 aliphatic rings. The van der Waals surface area contributed by atoms with Crippen LogP contribution in [0.25, 0.3) is 10.8 Å². The Hall–Kier alpha value is -3.28. The van der Waals surface area contributed by atoms with Gasteiger partial charge in [-0.15, -0.1) is 0 Å². The first kappa shape index (κ1) is 18.5. The van der Waals surface area contributed by atoms with E-state index in [2.05, 4.69) is 10.9 Å². The Morgan fingerprint density at radius 3 is 2.37 bits per heavy atom. The molecule has 6 nitrogen and oxygen atoms in total. The minimum atomic E-state index is -0.427. The number of hydrazine groups is 1. The van der Waals surface area contributed by atoms with Crippen molar-refractivity contribution in [3.8, 4) is 5.75 Å². The Morgan fingerprint density at radius 1 is 1.00 bits per heavy atom. The Kier molecular flexibility index (Phi) is 5.16. The average Bonchev–Trinajstić information content (AvgIpc) is 3.02. The molecule has 6 heteroatoms. The predicted octanol–water partition coefficient (Wildman–Crippen LogP) is 3.62. The van der Waals surface area contributed by atoms with Crippen LogP contribution in [0.1, 0.15) is 40.3 Å². The third-order valence-corrected chi connectivity index (χ3v) is 4.55. The van der Waals surface area contributed by atoms with E-state index in [-0.39, 0.29) is 5.91 Å². The second kappa shape index (κ2) is 7.53. The zero-order valence-corrected chi connectivity index (χ0v) is 15.8. The second-order valence-corrected chi connectivity index (χ2v) is 6.46. The zero-order valence-electron chi connectivity index (χ0n) is 15.8. The molecule has 1 aromatic heterocycles. The van der Waals surface area contributed by atoms with E-state index in [0.717, 1.165) is 22.1 Å². The molecule has 0 unspecified atom stereocenters. The van der Waals surface area contributed by atoms with Crippen molar-refractivity contribution in [3.63, 3.8) is 0 Å². The molecule has 0 saturated carbocycles. The highest BCUT2D eigenvalue weighted by atomic mass is 16.5. The van der Waals surface area contributed by atoms with Gasteiger partial charge >= 0.3 is 0 Å². The molecule has 140 valence electrons. The SMILES string of the molecule is COc1ccc2cc([C@H](C)C(=O)NNC(=O)c3cc(C)oc3C)ccc2c1. The van der Waals surface area contributed by atoms with Crippen LogP contribution in [-0.4, -0.2) is 18.9 Å². The lowest BCUT2D eigenvalue weighted by Crippen LogP contribution is -2.43. The number of carbonyl (C=O) groups is 2. The number of hydrogen-bond donors (Lipinski definition) is 2. The minimum Gasteiger partial charge on any atom is -0.497 e. The fraction of sp³-hybridized carbons (Fsp3) is 0.238. The van der Waals surface area contributed by atoms with Crippen molar-refractivity contribution in [2.24, 2.45) is 0 Å². The first-order chi connectivity index (χ1) is 12.9. The van der Waals surface area contributed by atoms with Crippen molar-refractivity contribution in [1.29, 1.82) is 0 Å². The second-order valence-electron chi connectivity index (χ2n) is 6.46. The van der Waals surface area contributed by atoms with E-state index in [4.69, 9.17) is 9.15 Å². The van der Waals surface area contributed by atoms with E-state index >= 15 is 0 Å². The quantitative estimate of drug-likeness (QED) is 0.691. The maximum absolute atomic E-state index is 12.4. The largest absolute Gasteiger partial charge is 0.497 e. The zero-order chi connectivity index (χ0) is 19.6. The van der Waals surface area contributed by atoms with Crippen molar-refractivity contribution in [2.45, 2.75) is 26.7 Å². The van der Waals surface area contributed by atoms with Gasteiger partial charge in [-0.2, -0.15) is 0 Å². The van der Waals surface area contributed by atoms with Gasteiger partial charge in [0.15, 0.2) is 0 Å². The van der Waals surface area contributed by atoms with Crippen molar-refractivity contribution in [3.05, 3.63) is 65.1 Å². The number of ether oxygens (including phenoxy) is 1. The van der Waals surface area contributed by atoms with Gasteiger partial charge in [0.25, 0.3) is 5.91 Å². The van der Waals surface area contributed by atoms with Gasteiger partial charge in [-0.1, -0.05) is 24.3 Å². The summed E-state index contributed by atoms with van der Waals surface area (Å²) in [7, 11) is 1.63. The van der Waals surface area contributed by atoms with E-state index in [1.54, 1.807) is 33.9 Å². The highest BCUT2D eigenvalue weighted by molar-refractivity contribution is 5.97. The average molecular weight is 366 g/mol. The molecule has 0 radical (unpaired) electrons. The molecule has 3 aromatic rings. The summed E-state index contributed by atoms with van der Waals surface area (Å²) < 4.78 is 10.6. The van der Waals surface area contributed by atoms with Gasteiger partial charge in [0.2, 0.25) is 5.91 Å². The molecular weight excluding hydrogens is 344 g/mol. The third-order valence-electron chi connectivity index (χ3n) is 4.55. The molecule has 1 heterocycles. The number of amides is 2. The number of benzene rings is 2. The molecule has 0 fully saturated rings. The van der Waals surface area contributed by atoms with Crippen LogP contribution in [0.4, 0.5) is 0 Å². The van der Waals surface area contributed by atoms with Crippen LogP contribution in [0, 0.1) is 13.8 Å². The van der Waals surface area contributed by atoms with Crippen LogP contribution >= 0.6 is 0 Å². The molecule has 0 saturated heterocycles. The summed E-state index contributed by atoms with van der Waals surface area (Å²) in [4.78, 5) is 24.6. The summed E-state index contributed by atoms with van der Waals surface area (Å²) in [6.07, 6.45) is 0. The van der Waals surface area contributed by atoms with Gasteiger partial charge in [0, 0.05) is 0 Å². The Labute approximate surface area is 157 Å². The van der Waals surface area contributed by atoms with E-state index in [0.29, 0.717) is 17.1 Å². The van der Waals surface area contributed by atoms with Crippen LogP contribution in [0.5, 0.6) is 5.75 Å².